The van der Waals surface area contributed by atoms with Crippen molar-refractivity contribution in [2.24, 2.45) is 0 Å². The highest BCUT2D eigenvalue weighted by Gasteiger charge is 2.13. The van der Waals surface area contributed by atoms with Crippen LogP contribution in [-0.4, -0.2) is 23.5 Å². The number of thiazole rings is 1. The van der Waals surface area contributed by atoms with Gasteiger partial charge in [-0.15, -0.1) is 0 Å². The molecule has 1 rings (SSSR count). The fraction of sp³-hybridized carbons (Fsp3) is 0.792. The molecule has 0 saturated carbocycles. The van der Waals surface area contributed by atoms with E-state index in [0.29, 0.717) is 23.0 Å². The normalized spacial score (nSPS) is 10.9. The van der Waals surface area contributed by atoms with Crippen LogP contribution in [0, 0.1) is 0 Å². The highest BCUT2D eigenvalue weighted by atomic mass is 32.1. The van der Waals surface area contributed by atoms with E-state index in [-0.39, 0.29) is 11.9 Å². The Balaban J connectivity index is 1.93. The smallest absolute Gasteiger partial charge is 0.350 e. The lowest BCUT2D eigenvalue weighted by atomic mass is 10.0. The van der Waals surface area contributed by atoms with Gasteiger partial charge in [-0.1, -0.05) is 109 Å². The Labute approximate surface area is 187 Å². The quantitative estimate of drug-likeness (QED) is 0.179. The van der Waals surface area contributed by atoms with Crippen molar-refractivity contribution in [2.75, 3.05) is 11.9 Å². The van der Waals surface area contributed by atoms with Crippen molar-refractivity contribution in [3.8, 4) is 0 Å². The Bertz CT molecular complexity index is 575. The monoisotopic (exact) mass is 438 g/mol. The maximum absolute atomic E-state index is 12.0. The molecule has 0 radical (unpaired) electrons. The molecule has 0 saturated heterocycles. The summed E-state index contributed by atoms with van der Waals surface area (Å²) in [4.78, 5) is 28.1. The molecular formula is C24H42N2O3S. The number of carbonyl (C=O) groups is 2. The minimum Gasteiger partial charge on any atom is -0.461 e. The second-order valence-corrected chi connectivity index (χ2v) is 9.09. The Kier molecular flexibility index (Phi) is 16.3. The summed E-state index contributed by atoms with van der Waals surface area (Å²) in [5.74, 6) is -0.424. The van der Waals surface area contributed by atoms with Gasteiger partial charge in [-0.2, -0.15) is 0 Å². The lowest BCUT2D eigenvalue weighted by Crippen LogP contribution is -2.10. The second kappa shape index (κ2) is 18.3. The summed E-state index contributed by atoms with van der Waals surface area (Å²) >= 11 is 1.17. The molecule has 0 fully saturated rings. The largest absolute Gasteiger partial charge is 0.461 e. The first-order chi connectivity index (χ1) is 14.7. The van der Waals surface area contributed by atoms with Crippen LogP contribution in [0.2, 0.25) is 0 Å². The predicted molar refractivity (Wildman–Crippen MR) is 126 cm³/mol. The first kappa shape index (κ1) is 26.6. The second-order valence-electron chi connectivity index (χ2n) is 8.06. The number of esters is 1. The zero-order valence-corrected chi connectivity index (χ0v) is 20.0. The standard InChI is InChI=1S/C24H42N2O3S/c1-3-5-6-7-8-9-10-11-12-13-14-15-16-17-19-29-23(28)21-20-25-24(30-21)26-22(27)18-4-2/h20H,3-19H2,1-2H3,(H,25,26,27). The van der Waals surface area contributed by atoms with Crippen LogP contribution in [0.5, 0.6) is 0 Å². The van der Waals surface area contributed by atoms with Gasteiger partial charge in [0.05, 0.1) is 12.8 Å². The Morgan fingerprint density at radius 2 is 1.37 bits per heavy atom. The van der Waals surface area contributed by atoms with E-state index in [4.69, 9.17) is 4.74 Å². The minimum absolute atomic E-state index is 0.0748. The van der Waals surface area contributed by atoms with E-state index < -0.39 is 0 Å². The topological polar surface area (TPSA) is 68.3 Å². The molecule has 30 heavy (non-hydrogen) atoms. The Morgan fingerprint density at radius 1 is 0.833 bits per heavy atom. The molecule has 0 bridgehead atoms. The summed E-state index contributed by atoms with van der Waals surface area (Å²) in [7, 11) is 0. The van der Waals surface area contributed by atoms with Gasteiger partial charge >= 0.3 is 5.97 Å². The van der Waals surface area contributed by atoms with Crippen LogP contribution in [0.25, 0.3) is 0 Å². The summed E-state index contributed by atoms with van der Waals surface area (Å²) in [5, 5.41) is 3.16. The van der Waals surface area contributed by atoms with Crippen molar-refractivity contribution in [3.05, 3.63) is 11.1 Å². The molecule has 6 heteroatoms. The molecule has 0 atom stereocenters. The van der Waals surface area contributed by atoms with Gasteiger partial charge in [-0.25, -0.2) is 9.78 Å². The molecule has 1 heterocycles. The Hall–Kier alpha value is -1.43. The summed E-state index contributed by atoms with van der Waals surface area (Å²) < 4.78 is 5.32. The molecule has 0 aliphatic heterocycles. The van der Waals surface area contributed by atoms with E-state index in [9.17, 15) is 9.59 Å². The van der Waals surface area contributed by atoms with E-state index in [1.54, 1.807) is 0 Å². The van der Waals surface area contributed by atoms with Crippen LogP contribution in [-0.2, 0) is 9.53 Å². The predicted octanol–water partition coefficient (Wildman–Crippen LogP) is 7.52. The van der Waals surface area contributed by atoms with Gasteiger partial charge in [0.2, 0.25) is 5.91 Å². The van der Waals surface area contributed by atoms with Gasteiger partial charge in [0.25, 0.3) is 0 Å². The van der Waals surface area contributed by atoms with E-state index >= 15 is 0 Å². The van der Waals surface area contributed by atoms with Crippen molar-refractivity contribution in [2.45, 2.75) is 117 Å². The van der Waals surface area contributed by atoms with Crippen molar-refractivity contribution in [3.63, 3.8) is 0 Å². The van der Waals surface area contributed by atoms with E-state index in [2.05, 4.69) is 17.2 Å². The first-order valence-electron chi connectivity index (χ1n) is 12.1. The summed E-state index contributed by atoms with van der Waals surface area (Å²) in [6, 6.07) is 0. The molecule has 5 nitrogen and oxygen atoms in total. The average molecular weight is 439 g/mol. The van der Waals surface area contributed by atoms with Crippen molar-refractivity contribution >= 4 is 28.3 Å². The fourth-order valence-corrected chi connectivity index (χ4v) is 4.09. The van der Waals surface area contributed by atoms with Crippen LogP contribution >= 0.6 is 11.3 Å². The fourth-order valence-electron chi connectivity index (χ4n) is 3.37. The van der Waals surface area contributed by atoms with Crippen LogP contribution in [0.15, 0.2) is 6.20 Å². The van der Waals surface area contributed by atoms with Gasteiger partial charge < -0.3 is 10.1 Å². The molecule has 0 unspecified atom stereocenters. The third kappa shape index (κ3) is 13.7. The third-order valence-electron chi connectivity index (χ3n) is 5.16. The van der Waals surface area contributed by atoms with E-state index in [0.717, 1.165) is 19.3 Å². The number of hydrogen-bond donors (Lipinski definition) is 1. The molecule has 1 amide bonds. The zero-order chi connectivity index (χ0) is 21.9. The lowest BCUT2D eigenvalue weighted by Gasteiger charge is -2.04. The molecule has 0 aromatic carbocycles. The van der Waals surface area contributed by atoms with Crippen LogP contribution in [0.3, 0.4) is 0 Å². The third-order valence-corrected chi connectivity index (χ3v) is 6.05. The SMILES string of the molecule is CCCCCCCCCCCCCCCCOC(=O)c1cnc(NC(=O)CCC)s1. The number of ether oxygens (including phenoxy) is 1. The molecule has 0 aliphatic rings. The number of amides is 1. The number of rotatable bonds is 19. The number of nitrogens with zero attached hydrogens (tertiary/aromatic N) is 1. The van der Waals surface area contributed by atoms with Gasteiger partial charge in [0.15, 0.2) is 5.13 Å². The van der Waals surface area contributed by atoms with Crippen molar-refractivity contribution in [1.29, 1.82) is 0 Å². The number of carbonyl (C=O) groups excluding carboxylic acids is 2. The van der Waals surface area contributed by atoms with Gasteiger partial charge in [-0.05, 0) is 12.8 Å². The highest BCUT2D eigenvalue weighted by Crippen LogP contribution is 2.19. The van der Waals surface area contributed by atoms with Gasteiger partial charge in [0.1, 0.15) is 4.88 Å². The number of hydrogen-bond acceptors (Lipinski definition) is 5. The van der Waals surface area contributed by atoms with Gasteiger partial charge in [0, 0.05) is 6.42 Å². The van der Waals surface area contributed by atoms with Crippen molar-refractivity contribution < 1.29 is 14.3 Å². The number of unbranched alkanes of at least 4 members (excludes halogenated alkanes) is 13. The Morgan fingerprint density at radius 3 is 1.90 bits per heavy atom. The average Bonchev–Trinajstić information content (AvgIpc) is 3.19. The molecule has 1 aromatic rings. The van der Waals surface area contributed by atoms with Gasteiger partial charge in [-0.3, -0.25) is 4.79 Å². The molecule has 172 valence electrons. The summed E-state index contributed by atoms with van der Waals surface area (Å²) in [6.45, 7) is 4.66. The number of aromatic nitrogens is 1. The molecule has 1 N–H and O–H groups in total. The molecule has 0 spiro atoms. The maximum atomic E-state index is 12.0. The highest BCUT2D eigenvalue weighted by molar-refractivity contribution is 7.17. The van der Waals surface area contributed by atoms with Crippen LogP contribution in [0.4, 0.5) is 5.13 Å². The van der Waals surface area contributed by atoms with Crippen molar-refractivity contribution in [1.82, 2.24) is 4.98 Å². The summed E-state index contributed by atoms with van der Waals surface area (Å²) in [5.41, 5.74) is 0. The number of anilines is 1. The lowest BCUT2D eigenvalue weighted by molar-refractivity contribution is -0.116. The van der Waals surface area contributed by atoms with Crippen LogP contribution < -0.4 is 5.32 Å². The van der Waals surface area contributed by atoms with E-state index in [1.165, 1.54) is 94.6 Å². The van der Waals surface area contributed by atoms with E-state index in [1.807, 2.05) is 6.92 Å². The number of nitrogens with one attached hydrogen (secondary N) is 1. The van der Waals surface area contributed by atoms with Crippen LogP contribution in [0.1, 0.15) is 126 Å². The first-order valence-corrected chi connectivity index (χ1v) is 12.9. The summed E-state index contributed by atoms with van der Waals surface area (Å²) in [6.07, 6.45) is 21.0. The molecule has 0 aliphatic carbocycles. The minimum atomic E-state index is -0.349. The molecule has 1 aromatic heterocycles. The molecular weight excluding hydrogens is 396 g/mol. The zero-order valence-electron chi connectivity index (χ0n) is 19.2. The maximum Gasteiger partial charge on any atom is 0.350 e.